The molecule has 8 heteroatoms. The molecule has 6 nitrogen and oxygen atoms in total. The molecule has 0 bridgehead atoms. The summed E-state index contributed by atoms with van der Waals surface area (Å²) < 4.78 is 0. The fraction of sp³-hybridized carbons (Fsp3) is 0.222. The molecule has 2 aromatic heterocycles. The Morgan fingerprint density at radius 1 is 1.27 bits per heavy atom. The van der Waals surface area contributed by atoms with Crippen LogP contribution in [0, 0.1) is 6.92 Å². The van der Waals surface area contributed by atoms with E-state index in [0.717, 1.165) is 11.3 Å². The van der Waals surface area contributed by atoms with Gasteiger partial charge in [0.2, 0.25) is 5.91 Å². The first-order chi connectivity index (χ1) is 12.6. The minimum absolute atomic E-state index is 0.174. The van der Waals surface area contributed by atoms with Crippen molar-refractivity contribution in [2.24, 2.45) is 0 Å². The lowest BCUT2D eigenvalue weighted by Gasteiger charge is -2.06. The first-order valence-electron chi connectivity index (χ1n) is 8.01. The van der Waals surface area contributed by atoms with Crippen LogP contribution in [0.4, 0.5) is 5.13 Å². The van der Waals surface area contributed by atoms with Crippen LogP contribution >= 0.6 is 23.1 Å². The van der Waals surface area contributed by atoms with Gasteiger partial charge in [0.1, 0.15) is 0 Å². The van der Waals surface area contributed by atoms with E-state index in [2.05, 4.69) is 20.3 Å². The number of aromatic nitrogens is 3. The molecule has 1 amide bonds. The summed E-state index contributed by atoms with van der Waals surface area (Å²) in [4.78, 5) is 35.8. The quantitative estimate of drug-likeness (QED) is 0.500. The number of nitrogens with one attached hydrogen (secondary N) is 2. The number of anilines is 1. The van der Waals surface area contributed by atoms with Gasteiger partial charge in [-0.3, -0.25) is 9.59 Å². The Labute approximate surface area is 159 Å². The van der Waals surface area contributed by atoms with Gasteiger partial charge in [0.15, 0.2) is 10.3 Å². The predicted molar refractivity (Wildman–Crippen MR) is 106 cm³/mol. The Kier molecular flexibility index (Phi) is 5.85. The summed E-state index contributed by atoms with van der Waals surface area (Å²) in [5, 5.41) is 5.83. The number of thioether (sulfide) groups is 1. The maximum absolute atomic E-state index is 12.2. The van der Waals surface area contributed by atoms with E-state index in [1.54, 1.807) is 6.92 Å². The van der Waals surface area contributed by atoms with Crippen LogP contribution in [-0.4, -0.2) is 27.1 Å². The number of amides is 1. The number of carbonyl (C=O) groups is 1. The number of benzene rings is 1. The van der Waals surface area contributed by atoms with Gasteiger partial charge in [-0.15, -0.1) is 11.3 Å². The standard InChI is InChI=1S/C18H18N4O2S2/c1-11-13(16(24)22-17(19-11)25-2)8-9-15(23)21-18-20-14(10-26-18)12-6-4-3-5-7-12/h3-7,10H,8-9H2,1-2H3,(H,19,22,24)(H,20,21,23). The molecule has 0 saturated carbocycles. The molecule has 26 heavy (non-hydrogen) atoms. The van der Waals surface area contributed by atoms with Crippen molar-refractivity contribution in [1.82, 2.24) is 15.0 Å². The third kappa shape index (κ3) is 4.39. The number of carbonyl (C=O) groups excluding carboxylic acids is 1. The van der Waals surface area contributed by atoms with Crippen molar-refractivity contribution in [2.75, 3.05) is 11.6 Å². The van der Waals surface area contributed by atoms with E-state index in [1.807, 2.05) is 42.0 Å². The molecule has 0 aliphatic carbocycles. The van der Waals surface area contributed by atoms with Crippen molar-refractivity contribution in [3.63, 3.8) is 0 Å². The highest BCUT2D eigenvalue weighted by molar-refractivity contribution is 7.98. The Bertz CT molecular complexity index is 967. The van der Waals surface area contributed by atoms with Gasteiger partial charge in [-0.25, -0.2) is 9.97 Å². The van der Waals surface area contributed by atoms with Crippen molar-refractivity contribution in [2.45, 2.75) is 24.9 Å². The number of rotatable bonds is 6. The van der Waals surface area contributed by atoms with E-state index in [0.29, 0.717) is 28.0 Å². The lowest BCUT2D eigenvalue weighted by molar-refractivity contribution is -0.116. The molecule has 134 valence electrons. The zero-order valence-corrected chi connectivity index (χ0v) is 16.0. The summed E-state index contributed by atoms with van der Waals surface area (Å²) in [7, 11) is 0. The fourth-order valence-corrected chi connectivity index (χ4v) is 3.63. The predicted octanol–water partition coefficient (Wildman–Crippen LogP) is 3.50. The normalized spacial score (nSPS) is 10.7. The van der Waals surface area contributed by atoms with Gasteiger partial charge in [-0.1, -0.05) is 42.1 Å². The van der Waals surface area contributed by atoms with Crippen molar-refractivity contribution in [3.05, 3.63) is 57.3 Å². The molecule has 0 spiro atoms. The van der Waals surface area contributed by atoms with Gasteiger partial charge in [0.25, 0.3) is 5.56 Å². The summed E-state index contributed by atoms with van der Waals surface area (Å²) >= 11 is 2.76. The van der Waals surface area contributed by atoms with Crippen LogP contribution in [0.3, 0.4) is 0 Å². The molecule has 0 aliphatic heterocycles. The Hall–Kier alpha value is -2.45. The van der Waals surface area contributed by atoms with Gasteiger partial charge >= 0.3 is 0 Å². The SMILES string of the molecule is CSc1nc(C)c(CCC(=O)Nc2nc(-c3ccccc3)cs2)c(=O)[nH]1. The lowest BCUT2D eigenvalue weighted by atomic mass is 10.1. The van der Waals surface area contributed by atoms with Crippen LogP contribution in [0.5, 0.6) is 0 Å². The Morgan fingerprint density at radius 2 is 2.04 bits per heavy atom. The van der Waals surface area contributed by atoms with Crippen molar-refractivity contribution in [1.29, 1.82) is 0 Å². The summed E-state index contributed by atoms with van der Waals surface area (Å²) in [5.74, 6) is -0.174. The van der Waals surface area contributed by atoms with E-state index in [9.17, 15) is 9.59 Å². The minimum Gasteiger partial charge on any atom is -0.302 e. The van der Waals surface area contributed by atoms with E-state index < -0.39 is 0 Å². The highest BCUT2D eigenvalue weighted by Crippen LogP contribution is 2.24. The summed E-state index contributed by atoms with van der Waals surface area (Å²) in [5.41, 5.74) is 2.85. The summed E-state index contributed by atoms with van der Waals surface area (Å²) in [6.07, 6.45) is 2.39. The maximum atomic E-state index is 12.2. The second kappa shape index (κ2) is 8.29. The average molecular weight is 387 g/mol. The minimum atomic E-state index is -0.185. The maximum Gasteiger partial charge on any atom is 0.254 e. The number of H-pyrrole nitrogens is 1. The molecule has 1 aromatic carbocycles. The molecule has 0 unspecified atom stereocenters. The number of aromatic amines is 1. The number of hydrogen-bond donors (Lipinski definition) is 2. The van der Waals surface area contributed by atoms with Crippen LogP contribution < -0.4 is 10.9 Å². The molecule has 3 aromatic rings. The molecule has 2 heterocycles. The van der Waals surface area contributed by atoms with Gasteiger partial charge in [-0.2, -0.15) is 0 Å². The molecular weight excluding hydrogens is 368 g/mol. The molecule has 0 fully saturated rings. The monoisotopic (exact) mass is 386 g/mol. The molecule has 0 saturated heterocycles. The smallest absolute Gasteiger partial charge is 0.254 e. The van der Waals surface area contributed by atoms with Gasteiger partial charge < -0.3 is 10.3 Å². The molecule has 3 rings (SSSR count). The fourth-order valence-electron chi connectivity index (χ4n) is 2.47. The van der Waals surface area contributed by atoms with Crippen LogP contribution in [0.1, 0.15) is 17.7 Å². The number of nitrogens with zero attached hydrogens (tertiary/aromatic N) is 2. The number of aryl methyl sites for hydroxylation is 1. The molecular formula is C18H18N4O2S2. The van der Waals surface area contributed by atoms with Gasteiger partial charge in [-0.05, 0) is 19.6 Å². The van der Waals surface area contributed by atoms with Gasteiger partial charge in [0.05, 0.1) is 5.69 Å². The second-order valence-corrected chi connectivity index (χ2v) is 7.24. The first-order valence-corrected chi connectivity index (χ1v) is 10.1. The number of hydrogen-bond acceptors (Lipinski definition) is 6. The van der Waals surface area contributed by atoms with Crippen molar-refractivity contribution >= 4 is 34.1 Å². The molecule has 2 N–H and O–H groups in total. The first kappa shape index (κ1) is 18.3. The van der Waals surface area contributed by atoms with E-state index in [4.69, 9.17) is 0 Å². The summed E-state index contributed by atoms with van der Waals surface area (Å²) in [6, 6.07) is 9.79. The van der Waals surface area contributed by atoms with E-state index in [1.165, 1.54) is 23.1 Å². The Balaban J connectivity index is 1.62. The third-order valence-electron chi connectivity index (χ3n) is 3.82. The topological polar surface area (TPSA) is 87.7 Å². The summed E-state index contributed by atoms with van der Waals surface area (Å²) in [6.45, 7) is 1.79. The Morgan fingerprint density at radius 3 is 2.73 bits per heavy atom. The molecule has 0 aliphatic rings. The lowest BCUT2D eigenvalue weighted by Crippen LogP contribution is -2.20. The highest BCUT2D eigenvalue weighted by Gasteiger charge is 2.12. The van der Waals surface area contributed by atoms with Crippen molar-refractivity contribution in [3.8, 4) is 11.3 Å². The zero-order chi connectivity index (χ0) is 18.5. The molecule has 0 atom stereocenters. The second-order valence-electron chi connectivity index (χ2n) is 5.59. The molecule has 0 radical (unpaired) electrons. The van der Waals surface area contributed by atoms with E-state index >= 15 is 0 Å². The van der Waals surface area contributed by atoms with Crippen LogP contribution in [0.2, 0.25) is 0 Å². The van der Waals surface area contributed by atoms with Crippen LogP contribution in [-0.2, 0) is 11.2 Å². The zero-order valence-electron chi connectivity index (χ0n) is 14.4. The van der Waals surface area contributed by atoms with Crippen LogP contribution in [0.25, 0.3) is 11.3 Å². The van der Waals surface area contributed by atoms with Crippen LogP contribution in [0.15, 0.2) is 45.7 Å². The van der Waals surface area contributed by atoms with E-state index in [-0.39, 0.29) is 17.9 Å². The highest BCUT2D eigenvalue weighted by atomic mass is 32.2. The average Bonchev–Trinajstić information content (AvgIpc) is 3.10. The largest absolute Gasteiger partial charge is 0.302 e. The van der Waals surface area contributed by atoms with Gasteiger partial charge in [0, 0.05) is 28.6 Å². The third-order valence-corrected chi connectivity index (χ3v) is 5.15. The number of thiazole rings is 1. The van der Waals surface area contributed by atoms with Crippen molar-refractivity contribution < 1.29 is 4.79 Å².